The predicted molar refractivity (Wildman–Crippen MR) is 68.1 cm³/mol. The van der Waals surface area contributed by atoms with Gasteiger partial charge in [0.2, 0.25) is 5.95 Å². The van der Waals surface area contributed by atoms with Crippen LogP contribution >= 0.6 is 0 Å². The third kappa shape index (κ3) is 4.80. The largest absolute Gasteiger partial charge is 0.354 e. The fraction of sp³-hybridized carbons (Fsp3) is 0.583. The molecule has 0 saturated heterocycles. The van der Waals surface area contributed by atoms with Crippen LogP contribution in [-0.4, -0.2) is 29.0 Å². The minimum Gasteiger partial charge on any atom is -0.354 e. The van der Waals surface area contributed by atoms with Crippen LogP contribution in [0.3, 0.4) is 0 Å². The maximum Gasteiger partial charge on any atom is 0.270 e. The second-order valence-corrected chi connectivity index (χ2v) is 3.80. The topological polar surface area (TPSA) is 66.9 Å². The Morgan fingerprint density at radius 3 is 2.82 bits per heavy atom. The fourth-order valence-electron chi connectivity index (χ4n) is 1.28. The average molecular weight is 236 g/mol. The van der Waals surface area contributed by atoms with Crippen molar-refractivity contribution in [3.63, 3.8) is 0 Å². The molecular weight excluding hydrogens is 216 g/mol. The van der Waals surface area contributed by atoms with Crippen LogP contribution in [-0.2, 0) is 0 Å². The van der Waals surface area contributed by atoms with Gasteiger partial charge in [-0.15, -0.1) is 0 Å². The maximum atomic E-state index is 11.7. The molecule has 0 aliphatic rings. The molecular formula is C12H20N4O. The molecule has 0 aliphatic carbocycles. The minimum atomic E-state index is -0.139. The molecule has 0 bridgehead atoms. The summed E-state index contributed by atoms with van der Waals surface area (Å²) < 4.78 is 0. The number of unbranched alkanes of at least 4 members (excludes halogenated alkanes) is 1. The highest BCUT2D eigenvalue weighted by atomic mass is 16.1. The van der Waals surface area contributed by atoms with Crippen molar-refractivity contribution >= 4 is 11.9 Å². The van der Waals surface area contributed by atoms with Gasteiger partial charge in [0.1, 0.15) is 5.69 Å². The first-order valence-electron chi connectivity index (χ1n) is 6.13. The normalized spacial score (nSPS) is 10.0. The van der Waals surface area contributed by atoms with Crippen LogP contribution in [0.25, 0.3) is 0 Å². The zero-order chi connectivity index (χ0) is 12.5. The summed E-state index contributed by atoms with van der Waals surface area (Å²) in [5, 5.41) is 5.88. The summed E-state index contributed by atoms with van der Waals surface area (Å²) in [4.78, 5) is 19.9. The molecule has 1 amide bonds. The van der Waals surface area contributed by atoms with E-state index >= 15 is 0 Å². The first-order chi connectivity index (χ1) is 8.27. The Kier molecular flexibility index (Phi) is 5.99. The zero-order valence-corrected chi connectivity index (χ0v) is 10.5. The molecule has 1 aromatic rings. The molecule has 5 nitrogen and oxygen atoms in total. The molecule has 94 valence electrons. The quantitative estimate of drug-likeness (QED) is 0.709. The van der Waals surface area contributed by atoms with Gasteiger partial charge in [-0.25, -0.2) is 9.97 Å². The van der Waals surface area contributed by atoms with Crippen LogP contribution in [0.15, 0.2) is 12.3 Å². The third-order valence-electron chi connectivity index (χ3n) is 2.24. The summed E-state index contributed by atoms with van der Waals surface area (Å²) in [5.41, 5.74) is 0.412. The van der Waals surface area contributed by atoms with Crippen LogP contribution in [0.5, 0.6) is 0 Å². The van der Waals surface area contributed by atoms with E-state index in [9.17, 15) is 4.79 Å². The first-order valence-corrected chi connectivity index (χ1v) is 6.13. The van der Waals surface area contributed by atoms with Gasteiger partial charge in [-0.05, 0) is 18.9 Å². The van der Waals surface area contributed by atoms with Gasteiger partial charge >= 0.3 is 0 Å². The van der Waals surface area contributed by atoms with Crippen LogP contribution in [0.1, 0.15) is 43.6 Å². The molecule has 1 rings (SSSR count). The van der Waals surface area contributed by atoms with Crippen molar-refractivity contribution in [3.05, 3.63) is 18.0 Å². The monoisotopic (exact) mass is 236 g/mol. The van der Waals surface area contributed by atoms with Crippen molar-refractivity contribution < 1.29 is 4.79 Å². The van der Waals surface area contributed by atoms with Crippen molar-refractivity contribution in [1.29, 1.82) is 0 Å². The van der Waals surface area contributed by atoms with E-state index in [2.05, 4.69) is 34.4 Å². The standard InChI is InChI=1S/C12H20N4O/c1-3-5-8-13-11(17)10-6-9-15-12(16-10)14-7-4-2/h6,9H,3-5,7-8H2,1-2H3,(H,13,17)(H,14,15,16). The molecule has 0 saturated carbocycles. The predicted octanol–water partition coefficient (Wildman–Crippen LogP) is 1.83. The van der Waals surface area contributed by atoms with E-state index in [4.69, 9.17) is 0 Å². The van der Waals surface area contributed by atoms with Gasteiger partial charge < -0.3 is 10.6 Å². The second-order valence-electron chi connectivity index (χ2n) is 3.80. The van der Waals surface area contributed by atoms with E-state index < -0.39 is 0 Å². The number of nitrogens with one attached hydrogen (secondary N) is 2. The third-order valence-corrected chi connectivity index (χ3v) is 2.24. The molecule has 0 atom stereocenters. The van der Waals surface area contributed by atoms with Crippen LogP contribution in [0.4, 0.5) is 5.95 Å². The molecule has 0 fully saturated rings. The Balaban J connectivity index is 2.54. The number of hydrogen-bond acceptors (Lipinski definition) is 4. The highest BCUT2D eigenvalue weighted by Gasteiger charge is 2.07. The maximum absolute atomic E-state index is 11.7. The lowest BCUT2D eigenvalue weighted by atomic mass is 10.3. The number of nitrogens with zero attached hydrogens (tertiary/aromatic N) is 2. The molecule has 0 aromatic carbocycles. The minimum absolute atomic E-state index is 0.139. The van der Waals surface area contributed by atoms with Crippen molar-refractivity contribution in [3.8, 4) is 0 Å². The summed E-state index contributed by atoms with van der Waals surface area (Å²) >= 11 is 0. The number of amides is 1. The molecule has 0 unspecified atom stereocenters. The molecule has 1 heterocycles. The molecule has 0 aliphatic heterocycles. The van der Waals surface area contributed by atoms with Crippen molar-refractivity contribution in [1.82, 2.24) is 15.3 Å². The Morgan fingerprint density at radius 1 is 1.29 bits per heavy atom. The van der Waals surface area contributed by atoms with E-state index in [1.807, 2.05) is 0 Å². The summed E-state index contributed by atoms with van der Waals surface area (Å²) in [6.45, 7) is 5.65. The zero-order valence-electron chi connectivity index (χ0n) is 10.5. The molecule has 0 spiro atoms. The summed E-state index contributed by atoms with van der Waals surface area (Å²) in [6.07, 6.45) is 4.64. The van der Waals surface area contributed by atoms with E-state index in [-0.39, 0.29) is 5.91 Å². The van der Waals surface area contributed by atoms with Crippen molar-refractivity contribution in [2.75, 3.05) is 18.4 Å². The van der Waals surface area contributed by atoms with Gasteiger partial charge in [0.05, 0.1) is 0 Å². The van der Waals surface area contributed by atoms with Gasteiger partial charge in [0.25, 0.3) is 5.91 Å². The molecule has 1 aromatic heterocycles. The molecule has 0 radical (unpaired) electrons. The van der Waals surface area contributed by atoms with Gasteiger partial charge in [0, 0.05) is 19.3 Å². The Bertz CT molecular complexity index is 354. The van der Waals surface area contributed by atoms with E-state index in [0.29, 0.717) is 18.2 Å². The van der Waals surface area contributed by atoms with Gasteiger partial charge in [-0.3, -0.25) is 4.79 Å². The van der Waals surface area contributed by atoms with Crippen molar-refractivity contribution in [2.24, 2.45) is 0 Å². The summed E-state index contributed by atoms with van der Waals surface area (Å²) in [7, 11) is 0. The number of carbonyl (C=O) groups is 1. The average Bonchev–Trinajstić information content (AvgIpc) is 2.37. The highest BCUT2D eigenvalue weighted by molar-refractivity contribution is 5.92. The lowest BCUT2D eigenvalue weighted by Gasteiger charge is -2.06. The lowest BCUT2D eigenvalue weighted by Crippen LogP contribution is -2.25. The van der Waals surface area contributed by atoms with Crippen LogP contribution < -0.4 is 10.6 Å². The number of anilines is 1. The smallest absolute Gasteiger partial charge is 0.270 e. The highest BCUT2D eigenvalue weighted by Crippen LogP contribution is 2.00. The number of carbonyl (C=O) groups excluding carboxylic acids is 1. The lowest BCUT2D eigenvalue weighted by molar-refractivity contribution is 0.0948. The number of rotatable bonds is 7. The fourth-order valence-corrected chi connectivity index (χ4v) is 1.28. The van der Waals surface area contributed by atoms with Crippen molar-refractivity contribution in [2.45, 2.75) is 33.1 Å². The first kappa shape index (κ1) is 13.4. The molecule has 2 N–H and O–H groups in total. The number of hydrogen-bond donors (Lipinski definition) is 2. The van der Waals surface area contributed by atoms with Gasteiger partial charge in [-0.2, -0.15) is 0 Å². The Hall–Kier alpha value is -1.65. The Labute approximate surface area is 102 Å². The van der Waals surface area contributed by atoms with E-state index in [1.54, 1.807) is 12.3 Å². The summed E-state index contributed by atoms with van der Waals surface area (Å²) in [5.74, 6) is 0.371. The van der Waals surface area contributed by atoms with E-state index in [1.165, 1.54) is 0 Å². The summed E-state index contributed by atoms with van der Waals surface area (Å²) in [6, 6.07) is 1.62. The number of aromatic nitrogens is 2. The van der Waals surface area contributed by atoms with Crippen LogP contribution in [0.2, 0.25) is 0 Å². The van der Waals surface area contributed by atoms with Gasteiger partial charge in [-0.1, -0.05) is 20.3 Å². The second kappa shape index (κ2) is 7.60. The van der Waals surface area contributed by atoms with Crippen LogP contribution in [0, 0.1) is 0 Å². The molecule has 17 heavy (non-hydrogen) atoms. The van der Waals surface area contributed by atoms with E-state index in [0.717, 1.165) is 25.8 Å². The Morgan fingerprint density at radius 2 is 2.12 bits per heavy atom. The van der Waals surface area contributed by atoms with Gasteiger partial charge in [0.15, 0.2) is 0 Å². The molecule has 5 heteroatoms. The SMILES string of the molecule is CCCCNC(=O)c1ccnc(NCCC)n1.